The van der Waals surface area contributed by atoms with Crippen LogP contribution in [0.3, 0.4) is 0 Å². The van der Waals surface area contributed by atoms with Gasteiger partial charge in [-0.2, -0.15) is 0 Å². The minimum Gasteiger partial charge on any atom is -0.294 e. The lowest BCUT2D eigenvalue weighted by Gasteiger charge is -2.29. The van der Waals surface area contributed by atoms with Crippen LogP contribution in [0.5, 0.6) is 0 Å². The van der Waals surface area contributed by atoms with Crippen molar-refractivity contribution in [1.82, 2.24) is 14.5 Å². The Morgan fingerprint density at radius 2 is 2.20 bits per heavy atom. The largest absolute Gasteiger partial charge is 0.294 e. The van der Waals surface area contributed by atoms with Gasteiger partial charge in [0.2, 0.25) is 0 Å². The maximum Gasteiger partial charge on any atom is 0.261 e. The van der Waals surface area contributed by atoms with Crippen LogP contribution in [0.15, 0.2) is 27.5 Å². The van der Waals surface area contributed by atoms with Crippen molar-refractivity contribution in [3.8, 4) is 0 Å². The van der Waals surface area contributed by atoms with Gasteiger partial charge in [-0.1, -0.05) is 29.3 Å². The van der Waals surface area contributed by atoms with Crippen LogP contribution < -0.4 is 5.56 Å². The number of fused-ring (bicyclic) bond motifs is 2. The molecule has 2 heterocycles. The van der Waals surface area contributed by atoms with Crippen LogP contribution in [0.1, 0.15) is 25.6 Å². The van der Waals surface area contributed by atoms with Gasteiger partial charge in [0.05, 0.1) is 17.4 Å². The van der Waals surface area contributed by atoms with E-state index in [1.807, 2.05) is 22.8 Å². The summed E-state index contributed by atoms with van der Waals surface area (Å²) in [5.41, 5.74) is 0.876. The number of rotatable bonds is 3. The molecule has 0 amide bonds. The van der Waals surface area contributed by atoms with Crippen molar-refractivity contribution in [3.05, 3.63) is 38.9 Å². The van der Waals surface area contributed by atoms with Gasteiger partial charge < -0.3 is 0 Å². The standard InChI is InChI=1S/C15H18BrN3O/c1-2-3-6-18-7-8-19-14(10-18)17-13-9-11(16)4-5-12(13)15(19)20/h4-5,9H,2-3,6-8,10H2,1H3. The van der Waals surface area contributed by atoms with Gasteiger partial charge in [0.25, 0.3) is 5.56 Å². The minimum absolute atomic E-state index is 0.0904. The molecule has 0 bridgehead atoms. The summed E-state index contributed by atoms with van der Waals surface area (Å²) in [5.74, 6) is 0.892. The molecule has 0 radical (unpaired) electrons. The second-order valence-electron chi connectivity index (χ2n) is 5.28. The molecule has 1 aliphatic rings. The second-order valence-corrected chi connectivity index (χ2v) is 6.19. The van der Waals surface area contributed by atoms with E-state index in [0.29, 0.717) is 5.39 Å². The third-order valence-electron chi connectivity index (χ3n) is 3.83. The van der Waals surface area contributed by atoms with Crippen LogP contribution in [0.25, 0.3) is 10.9 Å². The zero-order valence-corrected chi connectivity index (χ0v) is 13.2. The predicted molar refractivity (Wildman–Crippen MR) is 83.9 cm³/mol. The van der Waals surface area contributed by atoms with Crippen LogP contribution in [0.2, 0.25) is 0 Å². The Hall–Kier alpha value is -1.20. The van der Waals surface area contributed by atoms with Gasteiger partial charge in [0.1, 0.15) is 5.82 Å². The fourth-order valence-corrected chi connectivity index (χ4v) is 3.03. The maximum atomic E-state index is 12.5. The normalized spacial score (nSPS) is 15.5. The van der Waals surface area contributed by atoms with Gasteiger partial charge in [-0.25, -0.2) is 4.98 Å². The summed E-state index contributed by atoms with van der Waals surface area (Å²) in [6.45, 7) is 5.75. The van der Waals surface area contributed by atoms with Gasteiger partial charge in [-0.3, -0.25) is 14.3 Å². The van der Waals surface area contributed by atoms with Gasteiger partial charge in [0, 0.05) is 17.6 Å². The second kappa shape index (κ2) is 5.66. The fraction of sp³-hybridized carbons (Fsp3) is 0.467. The Morgan fingerprint density at radius 3 is 3.00 bits per heavy atom. The Kier molecular flexibility index (Phi) is 3.89. The van der Waals surface area contributed by atoms with Crippen molar-refractivity contribution in [3.63, 3.8) is 0 Å². The minimum atomic E-state index is 0.0904. The summed E-state index contributed by atoms with van der Waals surface area (Å²) >= 11 is 3.44. The fourth-order valence-electron chi connectivity index (χ4n) is 2.68. The van der Waals surface area contributed by atoms with Gasteiger partial charge >= 0.3 is 0 Å². The average molecular weight is 336 g/mol. The van der Waals surface area contributed by atoms with Crippen LogP contribution >= 0.6 is 15.9 Å². The topological polar surface area (TPSA) is 38.1 Å². The van der Waals surface area contributed by atoms with Crippen LogP contribution in [-0.2, 0) is 13.1 Å². The number of benzene rings is 1. The van der Waals surface area contributed by atoms with E-state index in [2.05, 4.69) is 32.7 Å². The first-order chi connectivity index (χ1) is 9.69. The molecular weight excluding hydrogens is 318 g/mol. The highest BCUT2D eigenvalue weighted by Crippen LogP contribution is 2.18. The van der Waals surface area contributed by atoms with Crippen molar-refractivity contribution in [1.29, 1.82) is 0 Å². The molecule has 0 atom stereocenters. The quantitative estimate of drug-likeness (QED) is 0.865. The van der Waals surface area contributed by atoms with Crippen molar-refractivity contribution in [2.75, 3.05) is 13.1 Å². The van der Waals surface area contributed by atoms with E-state index in [1.54, 1.807) is 0 Å². The molecule has 0 spiro atoms. The zero-order chi connectivity index (χ0) is 14.1. The Labute approximate surface area is 126 Å². The van der Waals surface area contributed by atoms with Gasteiger partial charge in [-0.05, 0) is 31.2 Å². The number of hydrogen-bond donors (Lipinski definition) is 0. The summed E-state index contributed by atoms with van der Waals surface area (Å²) in [5, 5.41) is 0.707. The molecular formula is C15H18BrN3O. The van der Waals surface area contributed by atoms with Crippen molar-refractivity contribution in [2.24, 2.45) is 0 Å². The SMILES string of the molecule is CCCCN1CCn2c(nc3cc(Br)ccc3c2=O)C1. The highest BCUT2D eigenvalue weighted by Gasteiger charge is 2.19. The molecule has 1 aromatic carbocycles. The molecule has 4 nitrogen and oxygen atoms in total. The number of unbranched alkanes of at least 4 members (excludes halogenated alkanes) is 1. The first-order valence-corrected chi connectivity index (χ1v) is 7.89. The van der Waals surface area contributed by atoms with E-state index in [1.165, 1.54) is 12.8 Å². The van der Waals surface area contributed by atoms with Gasteiger partial charge in [-0.15, -0.1) is 0 Å². The molecule has 1 aromatic heterocycles. The molecule has 2 aromatic rings. The zero-order valence-electron chi connectivity index (χ0n) is 11.6. The van der Waals surface area contributed by atoms with Crippen LogP contribution in [-0.4, -0.2) is 27.5 Å². The summed E-state index contributed by atoms with van der Waals surface area (Å²) < 4.78 is 2.79. The molecule has 0 N–H and O–H groups in total. The number of aromatic nitrogens is 2. The molecule has 0 fully saturated rings. The lowest BCUT2D eigenvalue weighted by Crippen LogP contribution is -2.40. The Morgan fingerprint density at radius 1 is 1.35 bits per heavy atom. The van der Waals surface area contributed by atoms with Crippen molar-refractivity contribution >= 4 is 26.8 Å². The average Bonchev–Trinajstić information content (AvgIpc) is 2.44. The van der Waals surface area contributed by atoms with E-state index in [0.717, 1.165) is 42.0 Å². The smallest absolute Gasteiger partial charge is 0.261 e. The van der Waals surface area contributed by atoms with E-state index in [9.17, 15) is 4.79 Å². The lowest BCUT2D eigenvalue weighted by molar-refractivity contribution is 0.210. The van der Waals surface area contributed by atoms with E-state index in [4.69, 9.17) is 0 Å². The molecule has 0 saturated heterocycles. The lowest BCUT2D eigenvalue weighted by atomic mass is 10.2. The Bertz CT molecular complexity index is 695. The highest BCUT2D eigenvalue weighted by atomic mass is 79.9. The number of hydrogen-bond acceptors (Lipinski definition) is 3. The summed E-state index contributed by atoms with van der Waals surface area (Å²) in [6.07, 6.45) is 2.39. The van der Waals surface area contributed by atoms with E-state index < -0.39 is 0 Å². The molecule has 0 unspecified atom stereocenters. The monoisotopic (exact) mass is 335 g/mol. The summed E-state index contributed by atoms with van der Waals surface area (Å²) in [6, 6.07) is 5.67. The number of nitrogens with zero attached hydrogens (tertiary/aromatic N) is 3. The summed E-state index contributed by atoms with van der Waals surface area (Å²) in [7, 11) is 0. The molecule has 0 aliphatic carbocycles. The van der Waals surface area contributed by atoms with Crippen LogP contribution in [0.4, 0.5) is 0 Å². The summed E-state index contributed by atoms with van der Waals surface area (Å²) in [4.78, 5) is 19.6. The molecule has 0 saturated carbocycles. The first-order valence-electron chi connectivity index (χ1n) is 7.10. The molecule has 3 rings (SSSR count). The van der Waals surface area contributed by atoms with Gasteiger partial charge in [0.15, 0.2) is 0 Å². The molecule has 20 heavy (non-hydrogen) atoms. The molecule has 106 valence electrons. The highest BCUT2D eigenvalue weighted by molar-refractivity contribution is 9.10. The molecule has 1 aliphatic heterocycles. The third-order valence-corrected chi connectivity index (χ3v) is 4.32. The van der Waals surface area contributed by atoms with Crippen molar-refractivity contribution < 1.29 is 0 Å². The van der Waals surface area contributed by atoms with E-state index >= 15 is 0 Å². The van der Waals surface area contributed by atoms with E-state index in [-0.39, 0.29) is 5.56 Å². The first kappa shape index (κ1) is 13.8. The van der Waals surface area contributed by atoms with Crippen LogP contribution in [0, 0.1) is 0 Å². The Balaban J connectivity index is 2.01. The number of halogens is 1. The molecule has 5 heteroatoms. The third kappa shape index (κ3) is 2.52. The maximum absolute atomic E-state index is 12.5. The van der Waals surface area contributed by atoms with Crippen molar-refractivity contribution in [2.45, 2.75) is 32.9 Å². The predicted octanol–water partition coefficient (Wildman–Crippen LogP) is 2.77.